The molecule has 1 heterocycles. The molecule has 0 aliphatic carbocycles. The van der Waals surface area contributed by atoms with Gasteiger partial charge in [0.05, 0.1) is 6.54 Å². The first kappa shape index (κ1) is 21.6. The zero-order valence-electron chi connectivity index (χ0n) is 16.9. The van der Waals surface area contributed by atoms with E-state index in [-0.39, 0.29) is 23.6 Å². The highest BCUT2D eigenvalue weighted by molar-refractivity contribution is 6.30. The molecule has 0 bridgehead atoms. The topological polar surface area (TPSA) is 90.5 Å². The van der Waals surface area contributed by atoms with Gasteiger partial charge >= 0.3 is 0 Å². The monoisotopic (exact) mass is 428 g/mol. The Bertz CT molecular complexity index is 913. The fourth-order valence-electron chi connectivity index (χ4n) is 3.20. The fraction of sp³-hybridized carbons (Fsp3) is 0.318. The molecule has 2 aromatic rings. The highest BCUT2D eigenvalue weighted by Gasteiger charge is 2.25. The van der Waals surface area contributed by atoms with Gasteiger partial charge in [0.25, 0.3) is 5.91 Å². The number of halogens is 1. The van der Waals surface area contributed by atoms with E-state index in [0.717, 1.165) is 12.2 Å². The summed E-state index contributed by atoms with van der Waals surface area (Å²) < 4.78 is 0. The largest absolute Gasteiger partial charge is 0.360 e. The number of anilines is 2. The lowest BCUT2D eigenvalue weighted by Crippen LogP contribution is -2.47. The minimum Gasteiger partial charge on any atom is -0.360 e. The second-order valence-electron chi connectivity index (χ2n) is 7.51. The Morgan fingerprint density at radius 1 is 1.07 bits per heavy atom. The van der Waals surface area contributed by atoms with Gasteiger partial charge in [0.1, 0.15) is 6.04 Å². The highest BCUT2D eigenvalue weighted by Crippen LogP contribution is 2.19. The van der Waals surface area contributed by atoms with Crippen molar-refractivity contribution in [3.8, 4) is 0 Å². The van der Waals surface area contributed by atoms with Gasteiger partial charge in [-0.1, -0.05) is 25.4 Å². The molecule has 0 radical (unpaired) electrons. The maximum absolute atomic E-state index is 12.8. The number of hydrogen-bond donors (Lipinski definition) is 3. The first-order valence-corrected chi connectivity index (χ1v) is 10.2. The van der Waals surface area contributed by atoms with Gasteiger partial charge < -0.3 is 20.9 Å². The summed E-state index contributed by atoms with van der Waals surface area (Å²) in [4.78, 5) is 38.8. The Hall–Kier alpha value is -3.06. The minimum absolute atomic E-state index is 0.00478. The Balaban J connectivity index is 1.63. The number of rotatable bonds is 6. The van der Waals surface area contributed by atoms with Crippen LogP contribution in [0.25, 0.3) is 0 Å². The Morgan fingerprint density at radius 3 is 2.33 bits per heavy atom. The van der Waals surface area contributed by atoms with E-state index in [0.29, 0.717) is 29.4 Å². The summed E-state index contributed by atoms with van der Waals surface area (Å²) >= 11 is 5.86. The van der Waals surface area contributed by atoms with E-state index < -0.39 is 6.04 Å². The number of benzene rings is 2. The molecule has 3 rings (SSSR count). The normalized spacial score (nSPS) is 14.8. The molecule has 1 fully saturated rings. The average molecular weight is 429 g/mol. The summed E-state index contributed by atoms with van der Waals surface area (Å²) in [7, 11) is 0. The molecular weight excluding hydrogens is 404 g/mol. The molecule has 3 N–H and O–H groups in total. The molecule has 158 valence electrons. The van der Waals surface area contributed by atoms with Gasteiger partial charge in [-0.05, 0) is 54.4 Å². The van der Waals surface area contributed by atoms with Crippen molar-refractivity contribution in [3.05, 3.63) is 59.1 Å². The van der Waals surface area contributed by atoms with Gasteiger partial charge in [0.2, 0.25) is 11.8 Å². The van der Waals surface area contributed by atoms with Crippen LogP contribution >= 0.6 is 11.6 Å². The summed E-state index contributed by atoms with van der Waals surface area (Å²) in [5.41, 5.74) is 1.98. The SMILES string of the molecule is CC(C)C(NC(=O)c1ccc(Cl)cc1)C(=O)Nc1ccc(N2CCNC(=O)C2)cc1. The molecule has 1 atom stereocenters. The smallest absolute Gasteiger partial charge is 0.251 e. The van der Waals surface area contributed by atoms with E-state index in [1.807, 2.05) is 30.9 Å². The second-order valence-corrected chi connectivity index (χ2v) is 7.95. The second kappa shape index (κ2) is 9.63. The predicted octanol–water partition coefficient (Wildman–Crippen LogP) is 2.67. The van der Waals surface area contributed by atoms with Crippen LogP contribution < -0.4 is 20.9 Å². The molecule has 0 saturated carbocycles. The first-order valence-electron chi connectivity index (χ1n) is 9.82. The molecular formula is C22H25ClN4O3. The van der Waals surface area contributed by atoms with E-state index in [1.165, 1.54) is 0 Å². The Morgan fingerprint density at radius 2 is 1.73 bits per heavy atom. The van der Waals surface area contributed by atoms with Crippen LogP contribution in [-0.4, -0.2) is 43.4 Å². The van der Waals surface area contributed by atoms with Crippen molar-refractivity contribution in [3.63, 3.8) is 0 Å². The van der Waals surface area contributed by atoms with Crippen molar-refractivity contribution in [2.75, 3.05) is 29.9 Å². The first-order chi connectivity index (χ1) is 14.3. The van der Waals surface area contributed by atoms with Crippen LogP contribution in [0.3, 0.4) is 0 Å². The van der Waals surface area contributed by atoms with E-state index >= 15 is 0 Å². The van der Waals surface area contributed by atoms with Gasteiger partial charge in [-0.15, -0.1) is 0 Å². The molecule has 0 spiro atoms. The summed E-state index contributed by atoms with van der Waals surface area (Å²) in [6.07, 6.45) is 0. The number of carbonyl (C=O) groups excluding carboxylic acids is 3. The van der Waals surface area contributed by atoms with Gasteiger partial charge in [-0.25, -0.2) is 0 Å². The number of nitrogens with zero attached hydrogens (tertiary/aromatic N) is 1. The molecule has 1 unspecified atom stereocenters. The van der Waals surface area contributed by atoms with Crippen LogP contribution in [0.15, 0.2) is 48.5 Å². The van der Waals surface area contributed by atoms with Crippen molar-refractivity contribution < 1.29 is 14.4 Å². The molecule has 2 aromatic carbocycles. The quantitative estimate of drug-likeness (QED) is 0.659. The number of hydrogen-bond acceptors (Lipinski definition) is 4. The summed E-state index contributed by atoms with van der Waals surface area (Å²) in [5.74, 6) is -0.737. The van der Waals surface area contributed by atoms with E-state index in [9.17, 15) is 14.4 Å². The van der Waals surface area contributed by atoms with Gasteiger partial charge in [-0.2, -0.15) is 0 Å². The highest BCUT2D eigenvalue weighted by atomic mass is 35.5. The average Bonchev–Trinajstić information content (AvgIpc) is 2.72. The standard InChI is InChI=1S/C22H25ClN4O3/c1-14(2)20(26-21(29)15-3-5-16(23)6-4-15)22(30)25-17-7-9-18(10-8-17)27-12-11-24-19(28)13-27/h3-10,14,20H,11-13H2,1-2H3,(H,24,28)(H,25,30)(H,26,29). The van der Waals surface area contributed by atoms with E-state index in [1.54, 1.807) is 36.4 Å². The molecule has 7 nitrogen and oxygen atoms in total. The minimum atomic E-state index is -0.696. The number of nitrogens with one attached hydrogen (secondary N) is 3. The molecule has 3 amide bonds. The van der Waals surface area contributed by atoms with Crippen molar-refractivity contribution in [1.82, 2.24) is 10.6 Å². The molecule has 1 aliphatic heterocycles. The molecule has 0 aromatic heterocycles. The third kappa shape index (κ3) is 5.51. The van der Waals surface area contributed by atoms with Crippen LogP contribution in [0, 0.1) is 5.92 Å². The lowest BCUT2D eigenvalue weighted by Gasteiger charge is -2.28. The van der Waals surface area contributed by atoms with E-state index in [4.69, 9.17) is 11.6 Å². The predicted molar refractivity (Wildman–Crippen MR) is 118 cm³/mol. The van der Waals surface area contributed by atoms with Crippen molar-refractivity contribution in [2.24, 2.45) is 5.92 Å². The lowest BCUT2D eigenvalue weighted by molar-refractivity contribution is -0.120. The fourth-order valence-corrected chi connectivity index (χ4v) is 3.32. The van der Waals surface area contributed by atoms with Gasteiger partial charge in [0.15, 0.2) is 0 Å². The molecule has 30 heavy (non-hydrogen) atoms. The molecule has 1 saturated heterocycles. The molecule has 1 aliphatic rings. The summed E-state index contributed by atoms with van der Waals surface area (Å²) in [6.45, 7) is 5.41. The maximum atomic E-state index is 12.8. The van der Waals surface area contributed by atoms with Crippen molar-refractivity contribution in [2.45, 2.75) is 19.9 Å². The van der Waals surface area contributed by atoms with Crippen LogP contribution in [-0.2, 0) is 9.59 Å². The van der Waals surface area contributed by atoms with Crippen molar-refractivity contribution >= 4 is 40.7 Å². The number of carbonyl (C=O) groups is 3. The van der Waals surface area contributed by atoms with Crippen LogP contribution in [0.2, 0.25) is 5.02 Å². The summed E-state index contributed by atoms with van der Waals surface area (Å²) in [6, 6.07) is 13.1. The molecule has 8 heteroatoms. The maximum Gasteiger partial charge on any atom is 0.251 e. The third-order valence-corrected chi connectivity index (χ3v) is 5.13. The zero-order chi connectivity index (χ0) is 21.7. The van der Waals surface area contributed by atoms with Gasteiger partial charge in [-0.3, -0.25) is 14.4 Å². The van der Waals surface area contributed by atoms with Crippen LogP contribution in [0.4, 0.5) is 11.4 Å². The van der Waals surface area contributed by atoms with Crippen LogP contribution in [0.5, 0.6) is 0 Å². The van der Waals surface area contributed by atoms with Crippen molar-refractivity contribution in [1.29, 1.82) is 0 Å². The number of amides is 3. The Kier molecular flexibility index (Phi) is 6.95. The van der Waals surface area contributed by atoms with Gasteiger partial charge in [0, 0.05) is 35.1 Å². The lowest BCUT2D eigenvalue weighted by atomic mass is 10.0. The number of piperazine rings is 1. The van der Waals surface area contributed by atoms with E-state index in [2.05, 4.69) is 16.0 Å². The summed E-state index contributed by atoms with van der Waals surface area (Å²) in [5, 5.41) is 8.98. The third-order valence-electron chi connectivity index (χ3n) is 4.88. The Labute approximate surface area is 180 Å². The zero-order valence-corrected chi connectivity index (χ0v) is 17.7. The van der Waals surface area contributed by atoms with Crippen LogP contribution in [0.1, 0.15) is 24.2 Å².